The van der Waals surface area contributed by atoms with E-state index in [0.29, 0.717) is 0 Å². The second-order valence-corrected chi connectivity index (χ2v) is 6.95. The van der Waals surface area contributed by atoms with Gasteiger partial charge in [-0.05, 0) is 51.2 Å². The number of nitrogens with zero attached hydrogens (tertiary/aromatic N) is 2. The topological polar surface area (TPSA) is 18.5 Å². The molecule has 112 valence electrons. The Morgan fingerprint density at radius 1 is 1.05 bits per heavy atom. The van der Waals surface area contributed by atoms with Crippen LogP contribution in [-0.2, 0) is 0 Å². The van der Waals surface area contributed by atoms with Crippen molar-refractivity contribution in [3.63, 3.8) is 0 Å². The van der Waals surface area contributed by atoms with E-state index in [2.05, 4.69) is 36.0 Å². The van der Waals surface area contributed by atoms with Crippen LogP contribution in [-0.4, -0.2) is 62.2 Å². The van der Waals surface area contributed by atoms with Crippen LogP contribution in [0.3, 0.4) is 0 Å². The summed E-state index contributed by atoms with van der Waals surface area (Å²) in [7, 11) is 2.23. The summed E-state index contributed by atoms with van der Waals surface area (Å²) in [6.45, 7) is 12.3. The number of hydrogen-bond acceptors (Lipinski definition) is 3. The van der Waals surface area contributed by atoms with Crippen molar-refractivity contribution in [1.82, 2.24) is 15.1 Å². The van der Waals surface area contributed by atoms with E-state index in [1.54, 1.807) is 0 Å². The van der Waals surface area contributed by atoms with Crippen LogP contribution >= 0.6 is 0 Å². The van der Waals surface area contributed by atoms with Crippen molar-refractivity contribution in [2.24, 2.45) is 11.8 Å². The fraction of sp³-hybridized carbons (Fsp3) is 1.00. The van der Waals surface area contributed by atoms with Gasteiger partial charge in [-0.3, -0.25) is 0 Å². The molecular formula is C16H33N3. The molecule has 0 radical (unpaired) electrons. The summed E-state index contributed by atoms with van der Waals surface area (Å²) in [5.41, 5.74) is 0. The Hall–Kier alpha value is -0.120. The van der Waals surface area contributed by atoms with Gasteiger partial charge < -0.3 is 15.1 Å². The molecule has 0 aromatic rings. The maximum absolute atomic E-state index is 3.81. The van der Waals surface area contributed by atoms with Gasteiger partial charge in [-0.25, -0.2) is 0 Å². The summed E-state index contributed by atoms with van der Waals surface area (Å²) in [5, 5.41) is 3.81. The minimum absolute atomic E-state index is 0.774. The Balaban J connectivity index is 1.56. The summed E-state index contributed by atoms with van der Waals surface area (Å²) in [4.78, 5) is 5.05. The van der Waals surface area contributed by atoms with Crippen LogP contribution in [0, 0.1) is 11.8 Å². The Morgan fingerprint density at radius 3 is 2.53 bits per heavy atom. The Kier molecular flexibility index (Phi) is 6.11. The van der Waals surface area contributed by atoms with Crippen molar-refractivity contribution in [2.45, 2.75) is 45.6 Å². The second kappa shape index (κ2) is 7.61. The standard InChI is InChI=1S/C16H33N3/c1-14-5-6-15(2)16(13-14)17-7-4-8-19-11-9-18(3)10-12-19/h14-17H,4-13H2,1-3H3. The van der Waals surface area contributed by atoms with Crippen LogP contribution in [0.5, 0.6) is 0 Å². The maximum atomic E-state index is 3.81. The monoisotopic (exact) mass is 267 g/mol. The van der Waals surface area contributed by atoms with E-state index in [4.69, 9.17) is 0 Å². The molecule has 0 spiro atoms. The zero-order valence-corrected chi connectivity index (χ0v) is 13.2. The van der Waals surface area contributed by atoms with Gasteiger partial charge in [0.2, 0.25) is 0 Å². The first kappa shape index (κ1) is 15.3. The molecule has 1 saturated heterocycles. The number of likely N-dealkylation sites (N-methyl/N-ethyl adjacent to an activating group) is 1. The molecule has 3 heteroatoms. The van der Waals surface area contributed by atoms with Crippen LogP contribution in [0.15, 0.2) is 0 Å². The van der Waals surface area contributed by atoms with Crippen molar-refractivity contribution in [3.8, 4) is 0 Å². The summed E-state index contributed by atoms with van der Waals surface area (Å²) in [6, 6.07) is 0.774. The zero-order valence-electron chi connectivity index (χ0n) is 13.2. The molecule has 1 saturated carbocycles. The van der Waals surface area contributed by atoms with Gasteiger partial charge in [0, 0.05) is 32.2 Å². The molecule has 1 N–H and O–H groups in total. The van der Waals surface area contributed by atoms with Crippen molar-refractivity contribution < 1.29 is 0 Å². The van der Waals surface area contributed by atoms with Gasteiger partial charge in [0.15, 0.2) is 0 Å². The second-order valence-electron chi connectivity index (χ2n) is 6.95. The lowest BCUT2D eigenvalue weighted by Crippen LogP contribution is -2.45. The van der Waals surface area contributed by atoms with E-state index < -0.39 is 0 Å². The molecule has 0 amide bonds. The predicted molar refractivity (Wildman–Crippen MR) is 82.5 cm³/mol. The first-order valence-electron chi connectivity index (χ1n) is 8.29. The van der Waals surface area contributed by atoms with Crippen molar-refractivity contribution in [3.05, 3.63) is 0 Å². The van der Waals surface area contributed by atoms with Crippen LogP contribution in [0.25, 0.3) is 0 Å². The molecule has 3 atom stereocenters. The van der Waals surface area contributed by atoms with Crippen LogP contribution in [0.1, 0.15) is 39.5 Å². The zero-order chi connectivity index (χ0) is 13.7. The first-order valence-corrected chi connectivity index (χ1v) is 8.29. The minimum Gasteiger partial charge on any atom is -0.314 e. The number of rotatable bonds is 5. The van der Waals surface area contributed by atoms with Gasteiger partial charge >= 0.3 is 0 Å². The molecule has 3 nitrogen and oxygen atoms in total. The molecule has 2 rings (SSSR count). The molecule has 0 bridgehead atoms. The third kappa shape index (κ3) is 5.05. The molecule has 2 aliphatic rings. The molecule has 1 aliphatic heterocycles. The summed E-state index contributed by atoms with van der Waals surface area (Å²) < 4.78 is 0. The Labute approximate surface area is 119 Å². The minimum atomic E-state index is 0.774. The van der Waals surface area contributed by atoms with Gasteiger partial charge in [-0.2, -0.15) is 0 Å². The van der Waals surface area contributed by atoms with Crippen molar-refractivity contribution in [2.75, 3.05) is 46.3 Å². The van der Waals surface area contributed by atoms with E-state index in [9.17, 15) is 0 Å². The fourth-order valence-corrected chi connectivity index (χ4v) is 3.48. The molecule has 1 aliphatic carbocycles. The van der Waals surface area contributed by atoms with Gasteiger partial charge in [0.05, 0.1) is 0 Å². The van der Waals surface area contributed by atoms with Gasteiger partial charge in [-0.1, -0.05) is 20.3 Å². The molecule has 1 heterocycles. The number of nitrogens with one attached hydrogen (secondary N) is 1. The molecule has 0 aromatic carbocycles. The lowest BCUT2D eigenvalue weighted by atomic mass is 9.80. The third-order valence-electron chi connectivity index (χ3n) is 5.11. The van der Waals surface area contributed by atoms with Crippen LogP contribution < -0.4 is 5.32 Å². The Bertz CT molecular complexity index is 248. The van der Waals surface area contributed by atoms with E-state index in [-0.39, 0.29) is 0 Å². The van der Waals surface area contributed by atoms with E-state index in [1.807, 2.05) is 0 Å². The van der Waals surface area contributed by atoms with Gasteiger partial charge in [0.25, 0.3) is 0 Å². The van der Waals surface area contributed by atoms with Gasteiger partial charge in [0.1, 0.15) is 0 Å². The molecule has 2 fully saturated rings. The lowest BCUT2D eigenvalue weighted by molar-refractivity contribution is 0.150. The van der Waals surface area contributed by atoms with E-state index in [0.717, 1.165) is 17.9 Å². The average molecular weight is 267 g/mol. The molecule has 0 aromatic heterocycles. The largest absolute Gasteiger partial charge is 0.314 e. The normalized spacial score (nSPS) is 34.6. The van der Waals surface area contributed by atoms with Crippen molar-refractivity contribution >= 4 is 0 Å². The highest BCUT2D eigenvalue weighted by Crippen LogP contribution is 2.28. The fourth-order valence-electron chi connectivity index (χ4n) is 3.48. The number of hydrogen-bond donors (Lipinski definition) is 1. The summed E-state index contributed by atoms with van der Waals surface area (Å²) in [6.07, 6.45) is 5.54. The number of piperazine rings is 1. The highest BCUT2D eigenvalue weighted by atomic mass is 15.2. The quantitative estimate of drug-likeness (QED) is 0.769. The Morgan fingerprint density at radius 2 is 1.79 bits per heavy atom. The molecule has 19 heavy (non-hydrogen) atoms. The average Bonchev–Trinajstić information content (AvgIpc) is 2.40. The van der Waals surface area contributed by atoms with E-state index in [1.165, 1.54) is 65.0 Å². The highest BCUT2D eigenvalue weighted by Gasteiger charge is 2.24. The molecule has 3 unspecified atom stereocenters. The smallest absolute Gasteiger partial charge is 0.0110 e. The third-order valence-corrected chi connectivity index (χ3v) is 5.11. The summed E-state index contributed by atoms with van der Waals surface area (Å²) >= 11 is 0. The van der Waals surface area contributed by atoms with E-state index >= 15 is 0 Å². The highest BCUT2D eigenvalue weighted by molar-refractivity contribution is 4.81. The van der Waals surface area contributed by atoms with Crippen LogP contribution in [0.2, 0.25) is 0 Å². The first-order chi connectivity index (χ1) is 9.15. The summed E-state index contributed by atoms with van der Waals surface area (Å²) in [5.74, 6) is 1.80. The molecular weight excluding hydrogens is 234 g/mol. The van der Waals surface area contributed by atoms with Crippen molar-refractivity contribution in [1.29, 1.82) is 0 Å². The van der Waals surface area contributed by atoms with Crippen LogP contribution in [0.4, 0.5) is 0 Å². The lowest BCUT2D eigenvalue weighted by Gasteiger charge is -2.34. The maximum Gasteiger partial charge on any atom is 0.0110 e. The predicted octanol–water partition coefficient (Wildman–Crippen LogP) is 2.04. The SMILES string of the molecule is CC1CCC(C)C(NCCCN2CCN(C)CC2)C1. The van der Waals surface area contributed by atoms with Gasteiger partial charge in [-0.15, -0.1) is 0 Å².